The monoisotopic (exact) mass is 274 g/mol. The van der Waals surface area contributed by atoms with E-state index in [1.807, 2.05) is 18.2 Å². The summed E-state index contributed by atoms with van der Waals surface area (Å²) in [6, 6.07) is 7.24. The Morgan fingerprint density at radius 3 is 2.44 bits per heavy atom. The van der Waals surface area contributed by atoms with Crippen LogP contribution in [0.1, 0.15) is 37.3 Å². The third-order valence-corrected chi connectivity index (χ3v) is 4.00. The van der Waals surface area contributed by atoms with Crippen LogP contribution in [0, 0.1) is 5.92 Å². The van der Waals surface area contributed by atoms with E-state index in [-0.39, 0.29) is 24.8 Å². The Bertz CT molecular complexity index is 402. The van der Waals surface area contributed by atoms with Crippen molar-refractivity contribution in [3.8, 4) is 0 Å². The van der Waals surface area contributed by atoms with Gasteiger partial charge in [0.2, 0.25) is 5.92 Å². The first-order valence-corrected chi connectivity index (χ1v) is 6.50. The van der Waals surface area contributed by atoms with Crippen LogP contribution in [0.3, 0.4) is 0 Å². The number of hydrogen-bond donors (Lipinski definition) is 2. The maximum atomic E-state index is 13.1. The van der Waals surface area contributed by atoms with Gasteiger partial charge in [-0.1, -0.05) is 29.8 Å². The quantitative estimate of drug-likeness (QED) is 0.652. The van der Waals surface area contributed by atoms with Crippen molar-refractivity contribution in [3.63, 3.8) is 0 Å². The van der Waals surface area contributed by atoms with Crippen LogP contribution in [0.5, 0.6) is 0 Å². The molecule has 0 spiro atoms. The number of hydrogen-bond acceptors (Lipinski definition) is 2. The summed E-state index contributed by atoms with van der Waals surface area (Å²) in [6.07, 6.45) is 0.792. The van der Waals surface area contributed by atoms with Gasteiger partial charge in [-0.2, -0.15) is 0 Å². The highest BCUT2D eigenvalue weighted by atomic mass is 35.5. The number of halogens is 3. The lowest BCUT2D eigenvalue weighted by atomic mass is 9.80. The number of nitrogens with one attached hydrogen (secondary N) is 1. The highest BCUT2D eigenvalue weighted by Gasteiger charge is 2.38. The lowest BCUT2D eigenvalue weighted by Gasteiger charge is -2.34. The molecule has 0 radical (unpaired) electrons. The second kappa shape index (κ2) is 5.51. The van der Waals surface area contributed by atoms with Crippen molar-refractivity contribution in [2.24, 2.45) is 11.8 Å². The van der Waals surface area contributed by atoms with Crippen LogP contribution in [0.4, 0.5) is 8.78 Å². The molecule has 0 aromatic heterocycles. The molecule has 1 aliphatic rings. The number of rotatable bonds is 3. The van der Waals surface area contributed by atoms with Gasteiger partial charge < -0.3 is 0 Å². The van der Waals surface area contributed by atoms with E-state index in [1.165, 1.54) is 0 Å². The lowest BCUT2D eigenvalue weighted by molar-refractivity contribution is -0.0497. The van der Waals surface area contributed by atoms with E-state index in [0.29, 0.717) is 17.9 Å². The van der Waals surface area contributed by atoms with Crippen LogP contribution in [0.15, 0.2) is 24.3 Å². The number of hydrazine groups is 1. The van der Waals surface area contributed by atoms with Gasteiger partial charge in [-0.05, 0) is 30.4 Å². The lowest BCUT2D eigenvalue weighted by Crippen LogP contribution is -2.37. The van der Waals surface area contributed by atoms with Crippen LogP contribution in [0.2, 0.25) is 5.02 Å². The molecule has 5 heteroatoms. The molecule has 18 heavy (non-hydrogen) atoms. The van der Waals surface area contributed by atoms with E-state index in [1.54, 1.807) is 6.07 Å². The molecule has 1 saturated carbocycles. The molecule has 100 valence electrons. The molecule has 0 saturated heterocycles. The van der Waals surface area contributed by atoms with Crippen molar-refractivity contribution in [2.75, 3.05) is 0 Å². The minimum atomic E-state index is -2.52. The van der Waals surface area contributed by atoms with Gasteiger partial charge in [-0.3, -0.25) is 11.3 Å². The van der Waals surface area contributed by atoms with Gasteiger partial charge in [0.1, 0.15) is 0 Å². The minimum absolute atomic E-state index is 0.0691. The van der Waals surface area contributed by atoms with Crippen LogP contribution in [0.25, 0.3) is 0 Å². The zero-order chi connectivity index (χ0) is 13.2. The number of alkyl halides is 2. The van der Waals surface area contributed by atoms with Crippen molar-refractivity contribution in [1.82, 2.24) is 5.43 Å². The van der Waals surface area contributed by atoms with Crippen LogP contribution in [-0.2, 0) is 0 Å². The van der Waals surface area contributed by atoms with Gasteiger partial charge in [-0.25, -0.2) is 8.78 Å². The summed E-state index contributed by atoms with van der Waals surface area (Å²) in [7, 11) is 0. The number of nitrogens with two attached hydrogens (primary N) is 1. The molecule has 0 heterocycles. The largest absolute Gasteiger partial charge is 0.271 e. The van der Waals surface area contributed by atoms with Crippen molar-refractivity contribution in [3.05, 3.63) is 34.9 Å². The van der Waals surface area contributed by atoms with Crippen LogP contribution in [-0.4, -0.2) is 5.92 Å². The smallest absolute Gasteiger partial charge is 0.248 e. The third kappa shape index (κ3) is 2.99. The van der Waals surface area contributed by atoms with E-state index in [2.05, 4.69) is 5.43 Å². The first-order valence-electron chi connectivity index (χ1n) is 6.12. The standard InChI is InChI=1S/C13H17ClF2N2/c14-11-4-2-1-3-10(11)12(18-17)9-5-7-13(15,16)8-6-9/h1-4,9,12,18H,5-8,17H2. The SMILES string of the molecule is NNC(c1ccccc1Cl)C1CCC(F)(F)CC1. The Morgan fingerprint density at radius 2 is 1.89 bits per heavy atom. The van der Waals surface area contributed by atoms with E-state index in [4.69, 9.17) is 17.4 Å². The van der Waals surface area contributed by atoms with Gasteiger partial charge >= 0.3 is 0 Å². The van der Waals surface area contributed by atoms with Crippen molar-refractivity contribution in [1.29, 1.82) is 0 Å². The summed E-state index contributed by atoms with van der Waals surface area (Å²) in [6.45, 7) is 0. The summed E-state index contributed by atoms with van der Waals surface area (Å²) < 4.78 is 26.3. The van der Waals surface area contributed by atoms with Crippen LogP contribution < -0.4 is 11.3 Å². The zero-order valence-electron chi connectivity index (χ0n) is 10.0. The Kier molecular flexibility index (Phi) is 4.20. The summed E-state index contributed by atoms with van der Waals surface area (Å²) in [5.74, 6) is 3.16. The maximum absolute atomic E-state index is 13.1. The minimum Gasteiger partial charge on any atom is -0.271 e. The normalized spacial score (nSPS) is 21.8. The number of benzene rings is 1. The average molecular weight is 275 g/mol. The van der Waals surface area contributed by atoms with Gasteiger partial charge in [0.25, 0.3) is 0 Å². The van der Waals surface area contributed by atoms with Crippen LogP contribution >= 0.6 is 11.6 Å². The summed E-state index contributed by atoms with van der Waals surface area (Å²) in [5.41, 5.74) is 3.61. The molecular formula is C13H17ClF2N2. The zero-order valence-corrected chi connectivity index (χ0v) is 10.8. The van der Waals surface area contributed by atoms with Gasteiger partial charge in [0.15, 0.2) is 0 Å². The molecule has 1 aliphatic carbocycles. The fraction of sp³-hybridized carbons (Fsp3) is 0.538. The summed E-state index contributed by atoms with van der Waals surface area (Å²) in [4.78, 5) is 0. The molecule has 1 aromatic rings. The maximum Gasteiger partial charge on any atom is 0.248 e. The molecule has 1 fully saturated rings. The first-order chi connectivity index (χ1) is 8.53. The molecule has 0 amide bonds. The molecule has 3 N–H and O–H groups in total. The summed E-state index contributed by atoms with van der Waals surface area (Å²) >= 11 is 6.13. The van der Waals surface area contributed by atoms with E-state index in [9.17, 15) is 8.78 Å². The predicted octanol–water partition coefficient (Wildman–Crippen LogP) is 3.67. The molecule has 0 aliphatic heterocycles. The Balaban J connectivity index is 2.13. The topological polar surface area (TPSA) is 38.0 Å². The van der Waals surface area contributed by atoms with E-state index in [0.717, 1.165) is 5.56 Å². The molecule has 1 atom stereocenters. The Morgan fingerprint density at radius 1 is 1.28 bits per heavy atom. The fourth-order valence-corrected chi connectivity index (χ4v) is 2.86. The second-order valence-electron chi connectivity index (χ2n) is 4.86. The van der Waals surface area contributed by atoms with Gasteiger partial charge in [0.05, 0.1) is 6.04 Å². The summed E-state index contributed by atoms with van der Waals surface area (Å²) in [5, 5.41) is 0.623. The molecule has 1 aromatic carbocycles. The molecular weight excluding hydrogens is 258 g/mol. The molecule has 2 rings (SSSR count). The first kappa shape index (κ1) is 13.7. The van der Waals surface area contributed by atoms with Gasteiger partial charge in [0, 0.05) is 17.9 Å². The van der Waals surface area contributed by atoms with Crippen molar-refractivity contribution >= 4 is 11.6 Å². The fourth-order valence-electron chi connectivity index (χ4n) is 2.60. The van der Waals surface area contributed by atoms with E-state index >= 15 is 0 Å². The average Bonchev–Trinajstić information content (AvgIpc) is 2.34. The molecule has 2 nitrogen and oxygen atoms in total. The van der Waals surface area contributed by atoms with Crippen molar-refractivity contribution in [2.45, 2.75) is 37.6 Å². The Hall–Kier alpha value is -0.710. The second-order valence-corrected chi connectivity index (χ2v) is 5.27. The molecule has 0 bridgehead atoms. The van der Waals surface area contributed by atoms with Crippen molar-refractivity contribution < 1.29 is 8.78 Å². The van der Waals surface area contributed by atoms with Gasteiger partial charge in [-0.15, -0.1) is 0 Å². The third-order valence-electron chi connectivity index (χ3n) is 3.65. The highest BCUT2D eigenvalue weighted by molar-refractivity contribution is 6.31. The van der Waals surface area contributed by atoms with E-state index < -0.39 is 5.92 Å². The highest BCUT2D eigenvalue weighted by Crippen LogP contribution is 2.42. The Labute approximate surface area is 110 Å². The molecule has 1 unspecified atom stereocenters. The predicted molar refractivity (Wildman–Crippen MR) is 68.4 cm³/mol.